The highest BCUT2D eigenvalue weighted by Crippen LogP contribution is 2.43. The molecule has 3 unspecified atom stereocenters. The highest BCUT2D eigenvalue weighted by atomic mass is 31.2. The first-order valence-electron chi connectivity index (χ1n) is 35.7. The van der Waals surface area contributed by atoms with Gasteiger partial charge in [0.1, 0.15) is 13.2 Å². The van der Waals surface area contributed by atoms with Crippen molar-refractivity contribution in [3.63, 3.8) is 0 Å². The van der Waals surface area contributed by atoms with Crippen molar-refractivity contribution in [1.82, 2.24) is 5.32 Å². The molecule has 0 aromatic heterocycles. The van der Waals surface area contributed by atoms with E-state index in [9.17, 15) is 19.4 Å². The van der Waals surface area contributed by atoms with Crippen molar-refractivity contribution >= 4 is 13.7 Å². The summed E-state index contributed by atoms with van der Waals surface area (Å²) in [5, 5.41) is 14.0. The summed E-state index contributed by atoms with van der Waals surface area (Å²) in [6, 6.07) is -0.862. The van der Waals surface area contributed by atoms with Crippen molar-refractivity contribution in [2.45, 2.75) is 386 Å². The molecule has 3 atom stereocenters. The van der Waals surface area contributed by atoms with E-state index in [2.05, 4.69) is 31.3 Å². The number of phosphoric ester groups is 1. The van der Waals surface area contributed by atoms with Crippen LogP contribution in [0, 0.1) is 0 Å². The van der Waals surface area contributed by atoms with E-state index in [0.717, 1.165) is 38.5 Å². The fourth-order valence-corrected chi connectivity index (χ4v) is 11.9. The van der Waals surface area contributed by atoms with Gasteiger partial charge in [-0.2, -0.15) is 0 Å². The topological polar surface area (TPSA) is 105 Å². The fraction of sp³-hybridized carbons (Fsp3) is 0.930. The van der Waals surface area contributed by atoms with Gasteiger partial charge in [-0.25, -0.2) is 4.57 Å². The summed E-state index contributed by atoms with van der Waals surface area (Å²) >= 11 is 0. The lowest BCUT2D eigenvalue weighted by molar-refractivity contribution is -0.870. The number of carbonyl (C=O) groups is 1. The molecule has 9 heteroatoms. The summed E-state index contributed by atoms with van der Waals surface area (Å²) < 4.78 is 23.8. The van der Waals surface area contributed by atoms with Crippen molar-refractivity contribution in [3.8, 4) is 0 Å². The lowest BCUT2D eigenvalue weighted by atomic mass is 10.0. The average molecular weight is 1150 g/mol. The molecule has 8 nitrogen and oxygen atoms in total. The van der Waals surface area contributed by atoms with Crippen LogP contribution in [-0.4, -0.2) is 73.4 Å². The highest BCUT2D eigenvalue weighted by molar-refractivity contribution is 7.47. The molecule has 80 heavy (non-hydrogen) atoms. The van der Waals surface area contributed by atoms with Gasteiger partial charge < -0.3 is 19.8 Å². The summed E-state index contributed by atoms with van der Waals surface area (Å²) in [5.74, 6) is -0.177. The molecule has 0 saturated carbocycles. The van der Waals surface area contributed by atoms with Gasteiger partial charge in [-0.05, 0) is 32.1 Å². The van der Waals surface area contributed by atoms with E-state index in [1.165, 1.54) is 315 Å². The van der Waals surface area contributed by atoms with Gasteiger partial charge in [0.2, 0.25) is 5.91 Å². The van der Waals surface area contributed by atoms with Crippen LogP contribution in [0.4, 0.5) is 0 Å². The third-order valence-electron chi connectivity index (χ3n) is 16.7. The number of nitrogens with one attached hydrogen (secondary N) is 1. The Hall–Kier alpha value is -1.02. The number of nitrogens with zero attached hydrogens (tertiary/aromatic N) is 1. The number of hydrogen-bond acceptors (Lipinski definition) is 5. The minimum atomic E-state index is -4.36. The van der Waals surface area contributed by atoms with Crippen molar-refractivity contribution in [2.75, 3.05) is 40.9 Å². The predicted molar refractivity (Wildman–Crippen MR) is 351 cm³/mol. The average Bonchev–Trinajstić information content (AvgIpc) is 3.42. The number of quaternary nitrogens is 1. The lowest BCUT2D eigenvalue weighted by Gasteiger charge is -2.25. The first-order chi connectivity index (χ1) is 39.0. The van der Waals surface area contributed by atoms with E-state index in [1.807, 2.05) is 27.2 Å². The maximum absolute atomic E-state index is 13.0. The number of rotatable bonds is 67. The molecular formula is C71H142N2O6P+. The van der Waals surface area contributed by atoms with Gasteiger partial charge in [0.15, 0.2) is 0 Å². The summed E-state index contributed by atoms with van der Waals surface area (Å²) in [4.78, 5) is 23.4. The molecule has 0 radical (unpaired) electrons. The molecule has 0 aliphatic carbocycles. The molecule has 3 N–H and O–H groups in total. The summed E-state index contributed by atoms with van der Waals surface area (Å²) in [7, 11) is 1.58. The molecule has 0 fully saturated rings. The Balaban J connectivity index is 4.06. The normalized spacial score (nSPS) is 13.7. The number of hydrogen-bond donors (Lipinski definition) is 3. The van der Waals surface area contributed by atoms with Crippen molar-refractivity contribution in [1.29, 1.82) is 0 Å². The third-order valence-corrected chi connectivity index (χ3v) is 17.7. The van der Waals surface area contributed by atoms with Crippen LogP contribution < -0.4 is 5.32 Å². The molecule has 0 aromatic carbocycles. The second-order valence-electron chi connectivity index (χ2n) is 26.0. The van der Waals surface area contributed by atoms with Crippen LogP contribution in [0.2, 0.25) is 0 Å². The maximum atomic E-state index is 13.0. The zero-order chi connectivity index (χ0) is 58.4. The molecule has 0 aliphatic rings. The lowest BCUT2D eigenvalue weighted by Crippen LogP contribution is -2.45. The number of unbranched alkanes of at least 4 members (excludes halogenated alkanes) is 52. The first-order valence-corrected chi connectivity index (χ1v) is 37.2. The molecule has 1 amide bonds. The Bertz CT molecular complexity index is 1350. The second kappa shape index (κ2) is 62.5. The smallest absolute Gasteiger partial charge is 0.387 e. The van der Waals surface area contributed by atoms with Crippen LogP contribution in [0.1, 0.15) is 373 Å². The molecule has 0 spiro atoms. The van der Waals surface area contributed by atoms with E-state index >= 15 is 0 Å². The van der Waals surface area contributed by atoms with E-state index in [4.69, 9.17) is 9.05 Å². The van der Waals surface area contributed by atoms with Crippen molar-refractivity contribution < 1.29 is 32.9 Å². The van der Waals surface area contributed by atoms with Crippen LogP contribution >= 0.6 is 7.82 Å². The third kappa shape index (κ3) is 64.5. The zero-order valence-electron chi connectivity index (χ0n) is 54.6. The molecule has 0 saturated heterocycles. The van der Waals surface area contributed by atoms with Crippen LogP contribution in [0.25, 0.3) is 0 Å². The first kappa shape index (κ1) is 79.0. The number of aliphatic hydroxyl groups is 1. The highest BCUT2D eigenvalue weighted by Gasteiger charge is 2.28. The Labute approximate surface area is 500 Å². The number of carbonyl (C=O) groups excluding carboxylic acids is 1. The van der Waals surface area contributed by atoms with Crippen LogP contribution in [0.5, 0.6) is 0 Å². The predicted octanol–water partition coefficient (Wildman–Crippen LogP) is 22.7. The van der Waals surface area contributed by atoms with Gasteiger partial charge >= 0.3 is 7.82 Å². The standard InChI is InChI=1S/C71H141N2O6P/c1-6-8-10-12-14-16-18-20-22-24-26-28-30-32-34-36-38-40-42-44-46-48-50-52-54-56-58-60-62-64-70(74)69(68-79-80(76,77)78-67-66-73(3,4)5)72-71(75)65-63-61-59-57-55-53-51-49-47-45-43-41-39-37-35-33-31-29-27-25-23-21-19-17-15-13-11-9-7-2/h54,56,62,64,69-70,74H,6-53,55,57-61,63,65-68H2,1-5H3,(H-,72,75,76,77)/p+1/b56-54+,64-62+. The Kier molecular flexibility index (Phi) is 61.7. The Morgan fingerprint density at radius 2 is 0.688 bits per heavy atom. The number of phosphoric acid groups is 1. The zero-order valence-corrected chi connectivity index (χ0v) is 55.5. The molecule has 476 valence electrons. The molecular weight excluding hydrogens is 1010 g/mol. The second-order valence-corrected chi connectivity index (χ2v) is 27.4. The molecule has 0 aromatic rings. The monoisotopic (exact) mass is 1150 g/mol. The van der Waals surface area contributed by atoms with Gasteiger partial charge in [-0.15, -0.1) is 0 Å². The van der Waals surface area contributed by atoms with E-state index in [0.29, 0.717) is 17.4 Å². The summed E-state index contributed by atoms with van der Waals surface area (Å²) in [5.41, 5.74) is 0. The van der Waals surface area contributed by atoms with Crippen molar-refractivity contribution in [3.05, 3.63) is 24.3 Å². The summed E-state index contributed by atoms with van der Waals surface area (Å²) in [6.07, 6.45) is 82.0. The van der Waals surface area contributed by atoms with Gasteiger partial charge in [0.25, 0.3) is 0 Å². The minimum Gasteiger partial charge on any atom is -0.387 e. The number of allylic oxidation sites excluding steroid dienone is 3. The Morgan fingerprint density at radius 1 is 0.412 bits per heavy atom. The van der Waals surface area contributed by atoms with E-state index in [1.54, 1.807) is 6.08 Å². The Morgan fingerprint density at radius 3 is 1.00 bits per heavy atom. The SMILES string of the molecule is CCCCCCCCCCCCCCCCCCCCCCCCC/C=C/CC/C=C/C(O)C(COP(=O)(O)OCC[N+](C)(C)C)NC(=O)CCCCCCCCCCCCCCCCCCCCCCCCCCCCCCC. The molecule has 0 rings (SSSR count). The van der Waals surface area contributed by atoms with Gasteiger partial charge in [-0.3, -0.25) is 13.8 Å². The number of amides is 1. The van der Waals surface area contributed by atoms with Crippen LogP contribution in [-0.2, 0) is 18.4 Å². The van der Waals surface area contributed by atoms with Gasteiger partial charge in [0, 0.05) is 6.42 Å². The van der Waals surface area contributed by atoms with Crippen molar-refractivity contribution in [2.24, 2.45) is 0 Å². The van der Waals surface area contributed by atoms with E-state index < -0.39 is 20.0 Å². The van der Waals surface area contributed by atoms with E-state index in [-0.39, 0.29) is 19.1 Å². The maximum Gasteiger partial charge on any atom is 0.472 e. The van der Waals surface area contributed by atoms with Gasteiger partial charge in [-0.1, -0.05) is 359 Å². The number of aliphatic hydroxyl groups excluding tert-OH is 1. The fourth-order valence-electron chi connectivity index (χ4n) is 11.1. The van der Waals surface area contributed by atoms with Gasteiger partial charge in [0.05, 0.1) is 39.9 Å². The largest absolute Gasteiger partial charge is 0.472 e. The van der Waals surface area contributed by atoms with Crippen LogP contribution in [0.3, 0.4) is 0 Å². The quantitative estimate of drug-likeness (QED) is 0.0243. The minimum absolute atomic E-state index is 0.0591. The molecule has 0 bridgehead atoms. The molecule has 0 heterocycles. The van der Waals surface area contributed by atoms with Crippen LogP contribution in [0.15, 0.2) is 24.3 Å². The number of likely N-dealkylation sites (N-methyl/N-ethyl adjacent to an activating group) is 1. The summed E-state index contributed by atoms with van der Waals surface area (Å²) in [6.45, 7) is 4.87. The molecule has 0 aliphatic heterocycles.